The highest BCUT2D eigenvalue weighted by molar-refractivity contribution is 5.85. The number of nitrogen functional groups attached to an aromatic ring is 1. The van der Waals surface area contributed by atoms with Gasteiger partial charge in [-0.3, -0.25) is 4.90 Å². The van der Waals surface area contributed by atoms with Crippen molar-refractivity contribution in [1.29, 1.82) is 0 Å². The third kappa shape index (κ3) is 2.97. The zero-order valence-corrected chi connectivity index (χ0v) is 11.4. The largest absolute Gasteiger partial charge is 0.439 e. The molecule has 114 valence electrons. The maximum absolute atomic E-state index is 12.6. The molecule has 0 saturated carbocycles. The Kier molecular flexibility index (Phi) is 3.52. The van der Waals surface area contributed by atoms with Crippen molar-refractivity contribution in [2.24, 2.45) is 5.92 Å². The van der Waals surface area contributed by atoms with E-state index in [2.05, 4.69) is 4.98 Å². The molecule has 2 heterocycles. The number of alkyl halides is 3. The lowest BCUT2D eigenvalue weighted by atomic mass is 9.96. The van der Waals surface area contributed by atoms with Crippen LogP contribution < -0.4 is 5.73 Å². The second-order valence-corrected chi connectivity index (χ2v) is 5.39. The number of oxazole rings is 1. The van der Waals surface area contributed by atoms with Gasteiger partial charge < -0.3 is 10.2 Å². The first-order valence-corrected chi connectivity index (χ1v) is 6.86. The van der Waals surface area contributed by atoms with Crippen LogP contribution in [0.25, 0.3) is 11.1 Å². The van der Waals surface area contributed by atoms with E-state index in [0.717, 1.165) is 0 Å². The summed E-state index contributed by atoms with van der Waals surface area (Å²) in [6, 6.07) is 5.29. The van der Waals surface area contributed by atoms with E-state index in [9.17, 15) is 13.2 Å². The smallest absolute Gasteiger partial charge is 0.391 e. The van der Waals surface area contributed by atoms with E-state index in [4.69, 9.17) is 10.2 Å². The number of benzene rings is 1. The Labute approximate surface area is 119 Å². The van der Waals surface area contributed by atoms with Gasteiger partial charge in [0.05, 0.1) is 18.2 Å². The second kappa shape index (κ2) is 5.22. The number of nitrogens with two attached hydrogens (primary N) is 1. The second-order valence-electron chi connectivity index (χ2n) is 5.39. The van der Waals surface area contributed by atoms with E-state index >= 15 is 0 Å². The van der Waals surface area contributed by atoms with Crippen LogP contribution in [0.2, 0.25) is 0 Å². The third-order valence-electron chi connectivity index (χ3n) is 3.90. The zero-order valence-electron chi connectivity index (χ0n) is 11.4. The summed E-state index contributed by atoms with van der Waals surface area (Å²) in [6.45, 7) is 1.22. The van der Waals surface area contributed by atoms with E-state index in [1.165, 1.54) is 0 Å². The predicted octanol–water partition coefficient (Wildman–Crippen LogP) is 3.18. The van der Waals surface area contributed by atoms with Crippen molar-refractivity contribution in [2.75, 3.05) is 18.8 Å². The van der Waals surface area contributed by atoms with E-state index < -0.39 is 12.1 Å². The van der Waals surface area contributed by atoms with Crippen molar-refractivity contribution in [2.45, 2.75) is 25.6 Å². The van der Waals surface area contributed by atoms with Gasteiger partial charge in [-0.2, -0.15) is 13.2 Å². The lowest BCUT2D eigenvalue weighted by Crippen LogP contribution is -2.38. The molecule has 1 aromatic heterocycles. The summed E-state index contributed by atoms with van der Waals surface area (Å²) < 4.78 is 43.4. The van der Waals surface area contributed by atoms with Gasteiger partial charge >= 0.3 is 6.18 Å². The Morgan fingerprint density at radius 2 is 2.00 bits per heavy atom. The van der Waals surface area contributed by atoms with E-state index in [1.807, 2.05) is 4.90 Å². The maximum Gasteiger partial charge on any atom is 0.391 e. The fraction of sp³-hybridized carbons (Fsp3) is 0.500. The lowest BCUT2D eigenvalue weighted by molar-refractivity contribution is -0.185. The SMILES string of the molecule is Nc1cccc2oc(CN3CCC(C(F)(F)F)CC3)nc12. The molecular weight excluding hydrogens is 283 g/mol. The van der Waals surface area contributed by atoms with Gasteiger partial charge in [-0.15, -0.1) is 0 Å². The van der Waals surface area contributed by atoms with Crippen molar-refractivity contribution in [3.63, 3.8) is 0 Å². The van der Waals surface area contributed by atoms with Crippen LogP contribution >= 0.6 is 0 Å². The van der Waals surface area contributed by atoms with E-state index in [0.29, 0.717) is 42.3 Å². The minimum Gasteiger partial charge on any atom is -0.439 e. The zero-order chi connectivity index (χ0) is 15.0. The molecule has 1 fully saturated rings. The third-order valence-corrected chi connectivity index (χ3v) is 3.90. The minimum atomic E-state index is -4.09. The molecule has 4 nitrogen and oxygen atoms in total. The van der Waals surface area contributed by atoms with Crippen LogP contribution in [0.5, 0.6) is 0 Å². The number of aromatic nitrogens is 1. The maximum atomic E-state index is 12.6. The Balaban J connectivity index is 1.66. The monoisotopic (exact) mass is 299 g/mol. The molecular formula is C14H16F3N3O. The highest BCUT2D eigenvalue weighted by Gasteiger charge is 2.41. The molecule has 1 aromatic carbocycles. The Bertz CT molecular complexity index is 630. The van der Waals surface area contributed by atoms with Crippen LogP contribution in [0.1, 0.15) is 18.7 Å². The summed E-state index contributed by atoms with van der Waals surface area (Å²) >= 11 is 0. The molecule has 3 rings (SSSR count). The summed E-state index contributed by atoms with van der Waals surface area (Å²) in [5.41, 5.74) is 7.56. The van der Waals surface area contributed by atoms with E-state index in [-0.39, 0.29) is 12.8 Å². The van der Waals surface area contributed by atoms with Crippen molar-refractivity contribution >= 4 is 16.8 Å². The number of halogens is 3. The molecule has 0 aliphatic carbocycles. The van der Waals surface area contributed by atoms with Crippen LogP contribution in [-0.4, -0.2) is 29.1 Å². The summed E-state index contributed by atoms with van der Waals surface area (Å²) in [4.78, 5) is 6.25. The summed E-state index contributed by atoms with van der Waals surface area (Å²) in [6.07, 6.45) is -3.82. The van der Waals surface area contributed by atoms with Crippen molar-refractivity contribution in [1.82, 2.24) is 9.88 Å². The molecule has 2 aromatic rings. The fourth-order valence-electron chi connectivity index (χ4n) is 2.69. The van der Waals surface area contributed by atoms with Crippen molar-refractivity contribution in [3.8, 4) is 0 Å². The molecule has 0 amide bonds. The number of hydrogen-bond donors (Lipinski definition) is 1. The molecule has 2 N–H and O–H groups in total. The number of piperidine rings is 1. The molecule has 0 unspecified atom stereocenters. The molecule has 0 atom stereocenters. The summed E-state index contributed by atoms with van der Waals surface area (Å²) in [7, 11) is 0. The lowest BCUT2D eigenvalue weighted by Gasteiger charge is -2.31. The van der Waals surface area contributed by atoms with Crippen LogP contribution in [0.4, 0.5) is 18.9 Å². The molecule has 0 spiro atoms. The standard InChI is InChI=1S/C14H16F3N3O/c15-14(16,17)9-4-6-20(7-5-9)8-12-19-13-10(18)2-1-3-11(13)21-12/h1-3,9H,4-8,18H2. The van der Waals surface area contributed by atoms with Crippen LogP contribution in [0.3, 0.4) is 0 Å². The topological polar surface area (TPSA) is 55.3 Å². The number of anilines is 1. The Hall–Kier alpha value is -1.76. The normalized spacial score (nSPS) is 18.4. The number of hydrogen-bond acceptors (Lipinski definition) is 4. The van der Waals surface area contributed by atoms with Gasteiger partial charge in [0, 0.05) is 0 Å². The van der Waals surface area contributed by atoms with E-state index in [1.54, 1.807) is 18.2 Å². The highest BCUT2D eigenvalue weighted by Crippen LogP contribution is 2.34. The van der Waals surface area contributed by atoms with Crippen molar-refractivity contribution < 1.29 is 17.6 Å². The Morgan fingerprint density at radius 1 is 1.29 bits per heavy atom. The molecule has 0 bridgehead atoms. The average Bonchev–Trinajstić information content (AvgIpc) is 2.82. The van der Waals surface area contributed by atoms with Crippen molar-refractivity contribution in [3.05, 3.63) is 24.1 Å². The molecule has 0 radical (unpaired) electrons. The van der Waals surface area contributed by atoms with Gasteiger partial charge in [-0.1, -0.05) is 6.07 Å². The summed E-state index contributed by atoms with van der Waals surface area (Å²) in [5.74, 6) is -0.693. The first kappa shape index (κ1) is 14.2. The molecule has 1 aliphatic heterocycles. The predicted molar refractivity (Wildman–Crippen MR) is 72.5 cm³/mol. The molecule has 7 heteroatoms. The van der Waals surface area contributed by atoms with Crippen LogP contribution in [0, 0.1) is 5.92 Å². The van der Waals surface area contributed by atoms with Gasteiger partial charge in [0.15, 0.2) is 5.58 Å². The van der Waals surface area contributed by atoms with Gasteiger partial charge in [-0.25, -0.2) is 4.98 Å². The number of nitrogens with zero attached hydrogens (tertiary/aromatic N) is 2. The minimum absolute atomic E-state index is 0.131. The summed E-state index contributed by atoms with van der Waals surface area (Å²) in [5, 5.41) is 0. The average molecular weight is 299 g/mol. The number of para-hydroxylation sites is 1. The molecule has 1 aliphatic rings. The molecule has 1 saturated heterocycles. The van der Waals surface area contributed by atoms with Crippen LogP contribution in [-0.2, 0) is 6.54 Å². The highest BCUT2D eigenvalue weighted by atomic mass is 19.4. The Morgan fingerprint density at radius 3 is 2.62 bits per heavy atom. The van der Waals surface area contributed by atoms with Gasteiger partial charge in [0.2, 0.25) is 5.89 Å². The molecule has 21 heavy (non-hydrogen) atoms. The number of likely N-dealkylation sites (tertiary alicyclic amines) is 1. The fourth-order valence-corrected chi connectivity index (χ4v) is 2.69. The first-order valence-electron chi connectivity index (χ1n) is 6.86. The van der Waals surface area contributed by atoms with Crippen LogP contribution in [0.15, 0.2) is 22.6 Å². The quantitative estimate of drug-likeness (QED) is 0.865. The first-order chi connectivity index (χ1) is 9.93. The number of fused-ring (bicyclic) bond motifs is 1. The van der Waals surface area contributed by atoms with Gasteiger partial charge in [0.25, 0.3) is 0 Å². The van der Waals surface area contributed by atoms with Gasteiger partial charge in [-0.05, 0) is 38.1 Å². The number of rotatable bonds is 2. The van der Waals surface area contributed by atoms with Gasteiger partial charge in [0.1, 0.15) is 5.52 Å².